The number of hydrogen-bond donors (Lipinski definition) is 2. The largest absolute Gasteiger partial charge is 0.493 e. The maximum Gasteiger partial charge on any atom is 0.363 e. The first-order valence-corrected chi connectivity index (χ1v) is 5.73. The molecule has 0 unspecified atom stereocenters. The molecule has 106 valence electrons. The van der Waals surface area contributed by atoms with Crippen molar-refractivity contribution >= 4 is 0 Å². The van der Waals surface area contributed by atoms with Gasteiger partial charge in [-0.15, -0.1) is 0 Å². The van der Waals surface area contributed by atoms with Crippen LogP contribution in [-0.4, -0.2) is 29.1 Å². The second kappa shape index (κ2) is 5.47. The van der Waals surface area contributed by atoms with Crippen molar-refractivity contribution < 1.29 is 9.47 Å². The number of aromatic nitrogens is 3. The lowest BCUT2D eigenvalue weighted by atomic mass is 10.1. The summed E-state index contributed by atoms with van der Waals surface area (Å²) in [5.74, 6) is 6.44. The van der Waals surface area contributed by atoms with Crippen LogP contribution in [0.5, 0.6) is 11.5 Å². The summed E-state index contributed by atoms with van der Waals surface area (Å²) in [5.41, 5.74) is -0.479. The summed E-state index contributed by atoms with van der Waals surface area (Å²) in [4.78, 5) is 22.9. The van der Waals surface area contributed by atoms with Crippen LogP contribution in [0, 0.1) is 0 Å². The Kier molecular flexibility index (Phi) is 3.74. The number of methoxy groups -OCH3 is 2. The van der Waals surface area contributed by atoms with Crippen LogP contribution in [0.2, 0.25) is 0 Å². The van der Waals surface area contributed by atoms with Gasteiger partial charge in [0.1, 0.15) is 5.69 Å². The summed E-state index contributed by atoms with van der Waals surface area (Å²) in [6, 6.07) is 5.22. The lowest BCUT2D eigenvalue weighted by Gasteiger charge is -2.09. The molecular weight excluding hydrogens is 264 g/mol. The molecule has 0 fully saturated rings. The van der Waals surface area contributed by atoms with Crippen LogP contribution in [-0.2, 0) is 6.42 Å². The Labute approximate surface area is 113 Å². The van der Waals surface area contributed by atoms with E-state index in [2.05, 4.69) is 10.2 Å². The van der Waals surface area contributed by atoms with Gasteiger partial charge in [-0.05, 0) is 17.7 Å². The summed E-state index contributed by atoms with van der Waals surface area (Å²) in [6.07, 6.45) is 0.215. The van der Waals surface area contributed by atoms with Gasteiger partial charge in [-0.25, -0.2) is 9.89 Å². The molecular formula is C12H14N4O4. The van der Waals surface area contributed by atoms with E-state index in [1.54, 1.807) is 18.2 Å². The van der Waals surface area contributed by atoms with Gasteiger partial charge >= 0.3 is 5.69 Å². The maximum atomic E-state index is 11.8. The van der Waals surface area contributed by atoms with Crippen LogP contribution in [0.1, 0.15) is 11.3 Å². The topological polar surface area (TPSA) is 112 Å². The van der Waals surface area contributed by atoms with Crippen molar-refractivity contribution in [1.29, 1.82) is 0 Å². The van der Waals surface area contributed by atoms with Gasteiger partial charge in [0.25, 0.3) is 5.56 Å². The maximum absolute atomic E-state index is 11.8. The molecule has 0 aliphatic rings. The van der Waals surface area contributed by atoms with E-state index in [0.717, 1.165) is 5.56 Å². The molecule has 8 heteroatoms. The lowest BCUT2D eigenvalue weighted by Crippen LogP contribution is -2.43. The quantitative estimate of drug-likeness (QED) is 0.712. The molecule has 1 aromatic heterocycles. The van der Waals surface area contributed by atoms with E-state index in [0.29, 0.717) is 16.2 Å². The molecule has 0 saturated carbocycles. The van der Waals surface area contributed by atoms with E-state index in [1.807, 2.05) is 0 Å². The number of nitrogens with two attached hydrogens (primary N) is 1. The molecule has 20 heavy (non-hydrogen) atoms. The SMILES string of the molecule is COc1ccc(Cc2n[nH]c(=O)n(N)c2=O)cc1OC. The molecule has 1 aromatic carbocycles. The van der Waals surface area contributed by atoms with Gasteiger partial charge in [-0.1, -0.05) is 6.07 Å². The molecule has 0 amide bonds. The monoisotopic (exact) mass is 278 g/mol. The minimum Gasteiger partial charge on any atom is -0.493 e. The standard InChI is InChI=1S/C12H14N4O4/c1-19-9-4-3-7(6-10(9)20-2)5-8-11(17)16(13)12(18)15-14-8/h3-4,6H,5,13H2,1-2H3,(H,15,18). The van der Waals surface area contributed by atoms with Crippen LogP contribution >= 0.6 is 0 Å². The van der Waals surface area contributed by atoms with Crippen molar-refractivity contribution in [2.75, 3.05) is 20.1 Å². The van der Waals surface area contributed by atoms with Crippen molar-refractivity contribution in [1.82, 2.24) is 14.9 Å². The Bertz CT molecular complexity index is 735. The van der Waals surface area contributed by atoms with Crippen molar-refractivity contribution in [3.05, 3.63) is 50.3 Å². The number of aromatic amines is 1. The summed E-state index contributed by atoms with van der Waals surface area (Å²) >= 11 is 0. The molecule has 2 rings (SSSR count). The van der Waals surface area contributed by atoms with E-state index in [4.69, 9.17) is 15.3 Å². The zero-order valence-corrected chi connectivity index (χ0v) is 11.0. The van der Waals surface area contributed by atoms with Crippen LogP contribution in [0.4, 0.5) is 0 Å². The Hall–Kier alpha value is -2.77. The molecule has 0 bridgehead atoms. The van der Waals surface area contributed by atoms with E-state index in [9.17, 15) is 9.59 Å². The van der Waals surface area contributed by atoms with Crippen LogP contribution in [0.25, 0.3) is 0 Å². The number of hydrogen-bond acceptors (Lipinski definition) is 6. The third kappa shape index (κ3) is 2.48. The Morgan fingerprint density at radius 1 is 1.25 bits per heavy atom. The zero-order chi connectivity index (χ0) is 14.7. The normalized spacial score (nSPS) is 10.3. The Morgan fingerprint density at radius 2 is 1.95 bits per heavy atom. The predicted molar refractivity (Wildman–Crippen MR) is 71.6 cm³/mol. The predicted octanol–water partition coefficient (Wildman–Crippen LogP) is -0.747. The molecule has 8 nitrogen and oxygen atoms in total. The molecule has 0 radical (unpaired) electrons. The number of rotatable bonds is 4. The average Bonchev–Trinajstić information content (AvgIpc) is 2.47. The number of nitrogens with one attached hydrogen (secondary N) is 1. The number of nitrogen functional groups attached to an aromatic ring is 1. The van der Waals surface area contributed by atoms with Gasteiger partial charge in [0.05, 0.1) is 14.2 Å². The molecule has 3 N–H and O–H groups in total. The molecule has 0 spiro atoms. The highest BCUT2D eigenvalue weighted by Gasteiger charge is 2.10. The summed E-state index contributed by atoms with van der Waals surface area (Å²) in [7, 11) is 3.06. The zero-order valence-electron chi connectivity index (χ0n) is 11.0. The van der Waals surface area contributed by atoms with Gasteiger partial charge in [-0.3, -0.25) is 4.79 Å². The van der Waals surface area contributed by atoms with Crippen molar-refractivity contribution in [2.24, 2.45) is 0 Å². The highest BCUT2D eigenvalue weighted by atomic mass is 16.5. The fraction of sp³-hybridized carbons (Fsp3) is 0.250. The van der Waals surface area contributed by atoms with Gasteiger partial charge in [-0.2, -0.15) is 9.77 Å². The summed E-state index contributed by atoms with van der Waals surface area (Å²) in [6.45, 7) is 0. The Morgan fingerprint density at radius 3 is 2.60 bits per heavy atom. The molecule has 0 aliphatic heterocycles. The number of H-pyrrole nitrogens is 1. The van der Waals surface area contributed by atoms with E-state index < -0.39 is 11.2 Å². The van der Waals surface area contributed by atoms with Gasteiger partial charge in [0, 0.05) is 6.42 Å². The molecule has 0 atom stereocenters. The molecule has 1 heterocycles. The number of benzene rings is 1. The fourth-order valence-electron chi connectivity index (χ4n) is 1.75. The first-order chi connectivity index (χ1) is 9.56. The lowest BCUT2D eigenvalue weighted by molar-refractivity contribution is 0.354. The van der Waals surface area contributed by atoms with Crippen molar-refractivity contribution in [3.8, 4) is 11.5 Å². The van der Waals surface area contributed by atoms with Crippen LogP contribution in [0.3, 0.4) is 0 Å². The highest BCUT2D eigenvalue weighted by molar-refractivity contribution is 5.43. The van der Waals surface area contributed by atoms with Crippen LogP contribution in [0.15, 0.2) is 27.8 Å². The minimum atomic E-state index is -0.758. The molecule has 0 saturated heterocycles. The average molecular weight is 278 g/mol. The summed E-state index contributed by atoms with van der Waals surface area (Å²) < 4.78 is 10.8. The second-order valence-corrected chi connectivity index (χ2v) is 4.02. The van der Waals surface area contributed by atoms with Gasteiger partial charge in [0.15, 0.2) is 11.5 Å². The summed E-state index contributed by atoms with van der Waals surface area (Å²) in [5, 5.41) is 5.87. The van der Waals surface area contributed by atoms with Crippen molar-refractivity contribution in [3.63, 3.8) is 0 Å². The van der Waals surface area contributed by atoms with Crippen molar-refractivity contribution in [2.45, 2.75) is 6.42 Å². The van der Waals surface area contributed by atoms with Gasteiger partial charge < -0.3 is 15.3 Å². The molecule has 2 aromatic rings. The van der Waals surface area contributed by atoms with E-state index in [-0.39, 0.29) is 12.1 Å². The third-order valence-electron chi connectivity index (χ3n) is 2.79. The minimum absolute atomic E-state index is 0.138. The first-order valence-electron chi connectivity index (χ1n) is 5.73. The van der Waals surface area contributed by atoms with E-state index >= 15 is 0 Å². The first kappa shape index (κ1) is 13.7. The van der Waals surface area contributed by atoms with E-state index in [1.165, 1.54) is 14.2 Å². The highest BCUT2D eigenvalue weighted by Crippen LogP contribution is 2.27. The smallest absolute Gasteiger partial charge is 0.363 e. The fourth-order valence-corrected chi connectivity index (χ4v) is 1.75. The Balaban J connectivity index is 2.38. The number of nitrogens with zero attached hydrogens (tertiary/aromatic N) is 2. The third-order valence-corrected chi connectivity index (χ3v) is 2.79. The van der Waals surface area contributed by atoms with Crippen LogP contribution < -0.4 is 26.6 Å². The van der Waals surface area contributed by atoms with Gasteiger partial charge in [0.2, 0.25) is 0 Å². The number of ether oxygens (including phenoxy) is 2. The second-order valence-electron chi connectivity index (χ2n) is 4.02. The molecule has 0 aliphatic carbocycles.